The number of hydrogen-bond acceptors (Lipinski definition) is 3. The molecule has 0 atom stereocenters. The molecule has 4 heterocycles. The molecule has 5 heteroatoms. The smallest absolute Gasteiger partial charge is 0.238 e. The number of benzene rings is 8. The van der Waals surface area contributed by atoms with Crippen LogP contribution in [0.2, 0.25) is 0 Å². The van der Waals surface area contributed by atoms with Gasteiger partial charge in [0.1, 0.15) is 0 Å². The van der Waals surface area contributed by atoms with E-state index in [9.17, 15) is 0 Å². The maximum absolute atomic E-state index is 5.36. The zero-order valence-electron chi connectivity index (χ0n) is 27.8. The molecule has 0 aliphatic rings. The summed E-state index contributed by atoms with van der Waals surface area (Å²) in [5, 5.41) is 12.1. The van der Waals surface area contributed by atoms with E-state index in [0.717, 1.165) is 38.4 Å². The van der Waals surface area contributed by atoms with E-state index in [1.165, 1.54) is 54.1 Å². The summed E-state index contributed by atoms with van der Waals surface area (Å²) in [5.74, 6) is 1.86. The highest BCUT2D eigenvalue weighted by atomic mass is 15.2. The molecular formula is C47H27N5. The monoisotopic (exact) mass is 661 g/mol. The minimum absolute atomic E-state index is 0.587. The van der Waals surface area contributed by atoms with Gasteiger partial charge in [0.2, 0.25) is 5.95 Å². The van der Waals surface area contributed by atoms with Crippen molar-refractivity contribution in [1.29, 1.82) is 0 Å². The Balaban J connectivity index is 1.31. The number of rotatable bonds is 3. The minimum Gasteiger partial charge on any atom is -0.306 e. The molecule has 12 aromatic rings. The highest BCUT2D eigenvalue weighted by molar-refractivity contribution is 6.38. The zero-order chi connectivity index (χ0) is 33.9. The average Bonchev–Trinajstić information content (AvgIpc) is 3.87. The SMILES string of the molecule is c1ccc(-c2nc(-c3ccc4ccccc4c3)nc(-n3c4ccccc4c4c5ccccc5c5c6cccc7c8ccccc8n(c76)c5c43)n2)cc1. The number of fused-ring (bicyclic) bond motifs is 14. The van der Waals surface area contributed by atoms with Gasteiger partial charge in [0.15, 0.2) is 11.6 Å². The summed E-state index contributed by atoms with van der Waals surface area (Å²) in [6, 6.07) is 58.1. The summed E-state index contributed by atoms with van der Waals surface area (Å²) in [7, 11) is 0. The minimum atomic E-state index is 0.587. The third kappa shape index (κ3) is 3.64. The van der Waals surface area contributed by atoms with Crippen molar-refractivity contribution in [3.8, 4) is 28.7 Å². The maximum Gasteiger partial charge on any atom is 0.238 e. The van der Waals surface area contributed by atoms with Crippen LogP contribution in [0.25, 0.3) is 110 Å². The highest BCUT2D eigenvalue weighted by Crippen LogP contribution is 2.48. The molecule has 0 saturated carbocycles. The van der Waals surface area contributed by atoms with Gasteiger partial charge < -0.3 is 4.40 Å². The largest absolute Gasteiger partial charge is 0.306 e. The molecule has 5 nitrogen and oxygen atoms in total. The third-order valence-corrected chi connectivity index (χ3v) is 10.9. The van der Waals surface area contributed by atoms with Crippen LogP contribution in [-0.4, -0.2) is 23.9 Å². The van der Waals surface area contributed by atoms with Crippen molar-refractivity contribution in [3.05, 3.63) is 164 Å². The van der Waals surface area contributed by atoms with Crippen molar-refractivity contribution in [1.82, 2.24) is 23.9 Å². The fourth-order valence-corrected chi connectivity index (χ4v) is 8.69. The molecule has 0 N–H and O–H groups in total. The first-order valence-corrected chi connectivity index (χ1v) is 17.6. The second kappa shape index (κ2) is 10.2. The van der Waals surface area contributed by atoms with Gasteiger partial charge in [-0.3, -0.25) is 4.57 Å². The lowest BCUT2D eigenvalue weighted by molar-refractivity contribution is 0.954. The second-order valence-corrected chi connectivity index (χ2v) is 13.6. The van der Waals surface area contributed by atoms with E-state index in [1.54, 1.807) is 0 Å². The van der Waals surface area contributed by atoms with Crippen LogP contribution in [0.15, 0.2) is 164 Å². The molecule has 0 fully saturated rings. The van der Waals surface area contributed by atoms with Gasteiger partial charge in [-0.1, -0.05) is 146 Å². The van der Waals surface area contributed by atoms with Crippen LogP contribution in [0.5, 0.6) is 0 Å². The molecule has 0 unspecified atom stereocenters. The molecule has 8 aromatic carbocycles. The quantitative estimate of drug-likeness (QED) is 0.189. The van der Waals surface area contributed by atoms with E-state index >= 15 is 0 Å². The lowest BCUT2D eigenvalue weighted by Crippen LogP contribution is -2.07. The Kier molecular flexibility index (Phi) is 5.44. The highest BCUT2D eigenvalue weighted by Gasteiger charge is 2.27. The molecule has 0 spiro atoms. The standard InChI is InChI=1S/C47H27N5/c1-2-14-29(15-3-1)45-48-46(31-26-25-28-13-4-5-16-30(28)27-31)50-47(49-45)52-39-24-11-9-20-36(39)40-33-18-6-7-19-34(33)41-37-22-12-21-35-32-17-8-10-23-38(32)51(42(35)37)43(41)44(40)52/h1-27H. The van der Waals surface area contributed by atoms with Crippen LogP contribution < -0.4 is 0 Å². The summed E-state index contributed by atoms with van der Waals surface area (Å²) in [6.45, 7) is 0. The van der Waals surface area contributed by atoms with Gasteiger partial charge in [0.25, 0.3) is 0 Å². The Morgan fingerprint density at radius 2 is 0.942 bits per heavy atom. The average molecular weight is 662 g/mol. The fraction of sp³-hybridized carbons (Fsp3) is 0. The van der Waals surface area contributed by atoms with Crippen molar-refractivity contribution in [2.24, 2.45) is 0 Å². The lowest BCUT2D eigenvalue weighted by Gasteiger charge is -2.13. The van der Waals surface area contributed by atoms with E-state index in [-0.39, 0.29) is 0 Å². The summed E-state index contributed by atoms with van der Waals surface area (Å²) < 4.78 is 4.78. The number of hydrogen-bond donors (Lipinski definition) is 0. The van der Waals surface area contributed by atoms with Crippen molar-refractivity contribution >= 4 is 81.4 Å². The Bertz CT molecular complexity index is 3400. The molecule has 0 saturated heterocycles. The second-order valence-electron chi connectivity index (χ2n) is 13.6. The van der Waals surface area contributed by atoms with Crippen LogP contribution in [0, 0.1) is 0 Å². The normalized spacial score (nSPS) is 12.2. The van der Waals surface area contributed by atoms with Crippen LogP contribution in [0.1, 0.15) is 0 Å². The topological polar surface area (TPSA) is 48.0 Å². The van der Waals surface area contributed by atoms with Gasteiger partial charge in [0, 0.05) is 43.4 Å². The van der Waals surface area contributed by atoms with Crippen LogP contribution in [-0.2, 0) is 0 Å². The molecule has 4 aromatic heterocycles. The van der Waals surface area contributed by atoms with Crippen molar-refractivity contribution < 1.29 is 0 Å². The maximum atomic E-state index is 5.36. The molecule has 0 aliphatic carbocycles. The van der Waals surface area contributed by atoms with E-state index in [1.807, 2.05) is 18.2 Å². The number of aromatic nitrogens is 5. The van der Waals surface area contributed by atoms with Gasteiger partial charge in [0.05, 0.1) is 27.6 Å². The van der Waals surface area contributed by atoms with E-state index < -0.39 is 0 Å². The third-order valence-electron chi connectivity index (χ3n) is 10.9. The zero-order valence-corrected chi connectivity index (χ0v) is 27.8. The predicted molar refractivity (Wildman–Crippen MR) is 215 cm³/mol. The first-order chi connectivity index (χ1) is 25.8. The summed E-state index contributed by atoms with van der Waals surface area (Å²) in [6.07, 6.45) is 0. The number of para-hydroxylation sites is 3. The summed E-state index contributed by atoms with van der Waals surface area (Å²) in [4.78, 5) is 15.8. The Hall–Kier alpha value is -7.11. The van der Waals surface area contributed by atoms with E-state index in [0.29, 0.717) is 17.6 Å². The first kappa shape index (κ1) is 27.7. The molecule has 240 valence electrons. The van der Waals surface area contributed by atoms with Crippen LogP contribution in [0.4, 0.5) is 0 Å². The molecule has 0 amide bonds. The van der Waals surface area contributed by atoms with Gasteiger partial charge in [-0.15, -0.1) is 0 Å². The van der Waals surface area contributed by atoms with Crippen LogP contribution >= 0.6 is 0 Å². The molecule has 0 radical (unpaired) electrons. The Morgan fingerprint density at radius 3 is 1.75 bits per heavy atom. The van der Waals surface area contributed by atoms with Gasteiger partial charge in [-0.2, -0.15) is 9.97 Å². The Morgan fingerprint density at radius 1 is 0.346 bits per heavy atom. The molecule has 0 bridgehead atoms. The Labute approximate surface area is 297 Å². The molecule has 12 rings (SSSR count). The van der Waals surface area contributed by atoms with Crippen molar-refractivity contribution in [3.63, 3.8) is 0 Å². The van der Waals surface area contributed by atoms with Gasteiger partial charge in [-0.25, -0.2) is 4.98 Å². The van der Waals surface area contributed by atoms with Crippen molar-refractivity contribution in [2.45, 2.75) is 0 Å². The van der Waals surface area contributed by atoms with Crippen molar-refractivity contribution in [2.75, 3.05) is 0 Å². The van der Waals surface area contributed by atoms with E-state index in [4.69, 9.17) is 15.0 Å². The van der Waals surface area contributed by atoms with Gasteiger partial charge in [-0.05, 0) is 39.7 Å². The van der Waals surface area contributed by atoms with E-state index in [2.05, 4.69) is 155 Å². The molecular weight excluding hydrogens is 635 g/mol. The van der Waals surface area contributed by atoms with Gasteiger partial charge >= 0.3 is 0 Å². The fourth-order valence-electron chi connectivity index (χ4n) is 8.69. The van der Waals surface area contributed by atoms with Crippen LogP contribution in [0.3, 0.4) is 0 Å². The lowest BCUT2D eigenvalue weighted by atomic mass is 9.98. The summed E-state index contributed by atoms with van der Waals surface area (Å²) in [5.41, 5.74) is 7.61. The summed E-state index contributed by atoms with van der Waals surface area (Å²) >= 11 is 0. The first-order valence-electron chi connectivity index (χ1n) is 17.6. The molecule has 52 heavy (non-hydrogen) atoms. The number of nitrogens with zero attached hydrogens (tertiary/aromatic N) is 5. The molecule has 0 aliphatic heterocycles. The predicted octanol–water partition coefficient (Wildman–Crippen LogP) is 11.8.